The molecule has 1 aliphatic heterocycles. The second-order valence-electron chi connectivity index (χ2n) is 3.72. The first-order valence-corrected chi connectivity index (χ1v) is 6.42. The minimum absolute atomic E-state index is 0.843. The van der Waals surface area contributed by atoms with Gasteiger partial charge in [-0.05, 0) is 42.2 Å². The summed E-state index contributed by atoms with van der Waals surface area (Å²) < 4.78 is 16.3. The van der Waals surface area contributed by atoms with Crippen LogP contribution in [0, 0.1) is 6.92 Å². The summed E-state index contributed by atoms with van der Waals surface area (Å²) in [6.07, 6.45) is 3.67. The minimum Gasteiger partial charge on any atom is -0.626 e. The fraction of sp³-hybridized carbons (Fsp3) is 0.273. The Bertz CT molecular complexity index is 468. The maximum absolute atomic E-state index is 12.1. The van der Waals surface area contributed by atoms with Crippen molar-refractivity contribution in [1.29, 1.82) is 0 Å². The molecule has 1 aliphatic rings. The molecule has 1 aromatic carbocycles. The Labute approximate surface area is 85.6 Å². The molecule has 0 fully saturated rings. The van der Waals surface area contributed by atoms with Gasteiger partial charge in [-0.1, -0.05) is 11.6 Å². The Kier molecular flexibility index (Phi) is 2.09. The topological polar surface area (TPSA) is 35.4 Å². The van der Waals surface area contributed by atoms with Gasteiger partial charge < -0.3 is 4.55 Å². The molecule has 0 bridgehead atoms. The summed E-state index contributed by atoms with van der Waals surface area (Å²) >= 11 is 0. The molecule has 1 atom stereocenters. The van der Waals surface area contributed by atoms with Crippen LogP contribution in [0.4, 0.5) is 0 Å². The molecule has 74 valence electrons. The molecule has 0 radical (unpaired) electrons. The largest absolute Gasteiger partial charge is 0.626 e. The second-order valence-corrected chi connectivity index (χ2v) is 5.95. The van der Waals surface area contributed by atoms with E-state index in [0.717, 1.165) is 16.2 Å². The van der Waals surface area contributed by atoms with E-state index < -0.39 is 10.1 Å². The first-order chi connectivity index (χ1) is 6.49. The molecule has 0 amide bonds. The highest BCUT2D eigenvalue weighted by Crippen LogP contribution is 2.30. The molecule has 0 N–H and O–H groups in total. The summed E-state index contributed by atoms with van der Waals surface area (Å²) in [5.41, 5.74) is 3.07. The zero-order chi connectivity index (χ0) is 10.3. The normalized spacial score (nSPS) is 25.0. The molecule has 0 aromatic heterocycles. The maximum atomic E-state index is 12.1. The Morgan fingerprint density at radius 3 is 2.71 bits per heavy atom. The fourth-order valence-electron chi connectivity index (χ4n) is 1.70. The zero-order valence-corrected chi connectivity index (χ0v) is 9.39. The average molecular weight is 207 g/mol. The van der Waals surface area contributed by atoms with Crippen LogP contribution in [0.3, 0.4) is 0 Å². The maximum Gasteiger partial charge on any atom is 0.143 e. The van der Waals surface area contributed by atoms with E-state index in [1.807, 2.05) is 32.1 Å². The summed E-state index contributed by atoms with van der Waals surface area (Å²) in [4.78, 5) is 0.855. The van der Waals surface area contributed by atoms with Gasteiger partial charge in [0.15, 0.2) is 0 Å². The molecule has 1 heterocycles. The molecule has 1 aromatic rings. The first-order valence-electron chi connectivity index (χ1n) is 4.50. The van der Waals surface area contributed by atoms with Gasteiger partial charge >= 0.3 is 0 Å². The summed E-state index contributed by atoms with van der Waals surface area (Å²) in [7, 11) is -2.20. The van der Waals surface area contributed by atoms with E-state index >= 15 is 0 Å². The van der Waals surface area contributed by atoms with Gasteiger partial charge in [0.1, 0.15) is 4.90 Å². The van der Waals surface area contributed by atoms with Gasteiger partial charge in [0.05, 0.1) is 12.0 Å². The fourth-order valence-corrected chi connectivity index (χ4v) is 3.28. The van der Waals surface area contributed by atoms with Crippen molar-refractivity contribution < 1.29 is 4.55 Å². The predicted molar refractivity (Wildman–Crippen MR) is 59.6 cm³/mol. The molecule has 2 nitrogen and oxygen atoms in total. The summed E-state index contributed by atoms with van der Waals surface area (Å²) in [5, 5.41) is 0. The van der Waals surface area contributed by atoms with Gasteiger partial charge in [-0.15, -0.1) is 4.36 Å². The van der Waals surface area contributed by atoms with Gasteiger partial charge in [0.2, 0.25) is 0 Å². The number of hydrogen-bond donors (Lipinski definition) is 0. The minimum atomic E-state index is -2.20. The van der Waals surface area contributed by atoms with Crippen molar-refractivity contribution in [2.75, 3.05) is 6.26 Å². The van der Waals surface area contributed by atoms with E-state index in [1.165, 1.54) is 5.56 Å². The Morgan fingerprint density at radius 1 is 1.29 bits per heavy atom. The number of nitrogens with zero attached hydrogens (tertiary/aromatic N) is 1. The lowest BCUT2D eigenvalue weighted by atomic mass is 10.1. The van der Waals surface area contributed by atoms with Crippen LogP contribution >= 0.6 is 0 Å². The van der Waals surface area contributed by atoms with E-state index in [9.17, 15) is 4.55 Å². The standard InChI is InChI=1S/C11H13NOS/c1-8-4-5-11-10(6-8)7-9(2)12-14(11,3)13/h4-7H,1-3H3. The third-order valence-corrected chi connectivity index (χ3v) is 4.08. The number of aryl methyl sites for hydroxylation is 1. The monoisotopic (exact) mass is 207 g/mol. The molecule has 1 unspecified atom stereocenters. The van der Waals surface area contributed by atoms with Gasteiger partial charge in [-0.3, -0.25) is 0 Å². The summed E-state index contributed by atoms with van der Waals surface area (Å²) in [6.45, 7) is 3.92. The SMILES string of the molecule is CC1=Cc2cc(C)ccc2[S+](C)([O-])=N1. The van der Waals surface area contributed by atoms with Crippen LogP contribution in [-0.4, -0.2) is 10.8 Å². The first kappa shape index (κ1) is 9.62. The van der Waals surface area contributed by atoms with Crippen LogP contribution in [0.2, 0.25) is 0 Å². The van der Waals surface area contributed by atoms with Crippen LogP contribution in [0.1, 0.15) is 18.1 Å². The molecule has 0 saturated carbocycles. The second kappa shape index (κ2) is 3.04. The molecule has 0 saturated heterocycles. The third kappa shape index (κ3) is 1.53. The Balaban J connectivity index is 2.74. The third-order valence-electron chi connectivity index (χ3n) is 2.26. The summed E-state index contributed by atoms with van der Waals surface area (Å²) in [6, 6.07) is 5.95. The molecule has 0 spiro atoms. The van der Waals surface area contributed by atoms with Crippen molar-refractivity contribution in [3.8, 4) is 0 Å². The Hall–Kier alpha value is -0.930. The van der Waals surface area contributed by atoms with E-state index in [0.29, 0.717) is 0 Å². The van der Waals surface area contributed by atoms with E-state index in [4.69, 9.17) is 0 Å². The predicted octanol–water partition coefficient (Wildman–Crippen LogP) is 2.83. The smallest absolute Gasteiger partial charge is 0.143 e. The van der Waals surface area contributed by atoms with Gasteiger partial charge in [-0.2, -0.15) is 0 Å². The van der Waals surface area contributed by atoms with Gasteiger partial charge in [-0.25, -0.2) is 0 Å². The lowest BCUT2D eigenvalue weighted by molar-refractivity contribution is 0.589. The molecular formula is C11H13NOS. The quantitative estimate of drug-likeness (QED) is 0.602. The number of fused-ring (bicyclic) bond motifs is 1. The number of hydrogen-bond acceptors (Lipinski definition) is 2. The number of benzene rings is 1. The lowest BCUT2D eigenvalue weighted by Gasteiger charge is -2.22. The number of allylic oxidation sites excluding steroid dienone is 1. The highest BCUT2D eigenvalue weighted by atomic mass is 32.3. The molecule has 14 heavy (non-hydrogen) atoms. The van der Waals surface area contributed by atoms with E-state index in [-0.39, 0.29) is 0 Å². The highest BCUT2D eigenvalue weighted by Gasteiger charge is 2.19. The van der Waals surface area contributed by atoms with Crippen molar-refractivity contribution in [2.45, 2.75) is 18.7 Å². The van der Waals surface area contributed by atoms with Crippen molar-refractivity contribution in [3.63, 3.8) is 0 Å². The van der Waals surface area contributed by atoms with Gasteiger partial charge in [0.25, 0.3) is 0 Å². The average Bonchev–Trinajstić information content (AvgIpc) is 2.00. The molecule has 2 rings (SSSR count). The molecule has 0 aliphatic carbocycles. The Morgan fingerprint density at radius 2 is 2.00 bits per heavy atom. The van der Waals surface area contributed by atoms with Gasteiger partial charge in [0, 0.05) is 5.56 Å². The van der Waals surface area contributed by atoms with Crippen molar-refractivity contribution in [1.82, 2.24) is 0 Å². The highest BCUT2D eigenvalue weighted by molar-refractivity contribution is 7.99. The van der Waals surface area contributed by atoms with Crippen LogP contribution in [0.15, 0.2) is 33.2 Å². The van der Waals surface area contributed by atoms with Crippen molar-refractivity contribution >= 4 is 16.2 Å². The van der Waals surface area contributed by atoms with Crippen LogP contribution < -0.4 is 0 Å². The van der Waals surface area contributed by atoms with Crippen molar-refractivity contribution in [3.05, 3.63) is 35.0 Å². The van der Waals surface area contributed by atoms with Crippen molar-refractivity contribution in [2.24, 2.45) is 4.36 Å². The van der Waals surface area contributed by atoms with E-state index in [1.54, 1.807) is 6.26 Å². The number of rotatable bonds is 0. The van der Waals surface area contributed by atoms with Crippen LogP contribution in [0.5, 0.6) is 0 Å². The van der Waals surface area contributed by atoms with Crippen LogP contribution in [0.25, 0.3) is 6.08 Å². The zero-order valence-electron chi connectivity index (χ0n) is 8.57. The summed E-state index contributed by atoms with van der Waals surface area (Å²) in [5.74, 6) is 0. The lowest BCUT2D eigenvalue weighted by Crippen LogP contribution is -2.13. The van der Waals surface area contributed by atoms with Crippen LogP contribution in [-0.2, 0) is 10.1 Å². The molecule has 3 heteroatoms. The van der Waals surface area contributed by atoms with E-state index in [2.05, 4.69) is 10.4 Å². The molecular weight excluding hydrogens is 194 g/mol.